The molecule has 0 spiro atoms. The van der Waals surface area contributed by atoms with Gasteiger partial charge in [-0.05, 0) is 25.0 Å². The van der Waals surface area contributed by atoms with Crippen LogP contribution in [0.5, 0.6) is 0 Å². The summed E-state index contributed by atoms with van der Waals surface area (Å²) in [4.78, 5) is 18.4. The lowest BCUT2D eigenvalue weighted by molar-refractivity contribution is 0.947. The topological polar surface area (TPSA) is 86.5 Å². The van der Waals surface area contributed by atoms with Crippen LogP contribution in [-0.2, 0) is 13.0 Å². The van der Waals surface area contributed by atoms with E-state index in [1.807, 2.05) is 25.1 Å². The molecular formula is C15H17N5O. The third kappa shape index (κ3) is 2.52. The Balaban J connectivity index is 2.04. The number of para-hydroxylation sites is 1. The van der Waals surface area contributed by atoms with Crippen molar-refractivity contribution in [2.45, 2.75) is 26.8 Å². The van der Waals surface area contributed by atoms with Crippen molar-refractivity contribution in [2.75, 3.05) is 5.32 Å². The van der Waals surface area contributed by atoms with Gasteiger partial charge in [-0.1, -0.05) is 25.1 Å². The summed E-state index contributed by atoms with van der Waals surface area (Å²) in [5.74, 6) is 0.584. The predicted molar refractivity (Wildman–Crippen MR) is 82.4 cm³/mol. The van der Waals surface area contributed by atoms with Crippen molar-refractivity contribution in [1.29, 1.82) is 0 Å². The zero-order valence-corrected chi connectivity index (χ0v) is 12.0. The summed E-state index contributed by atoms with van der Waals surface area (Å²) in [7, 11) is 0. The van der Waals surface area contributed by atoms with E-state index in [1.54, 1.807) is 0 Å². The van der Waals surface area contributed by atoms with Crippen LogP contribution >= 0.6 is 0 Å². The lowest BCUT2D eigenvalue weighted by atomic mass is 10.0. The number of H-pyrrole nitrogens is 2. The number of nitrogens with zero attached hydrogens (tertiary/aromatic N) is 2. The minimum Gasteiger partial charge on any atom is -0.377 e. The first-order chi connectivity index (χ1) is 10.2. The average Bonchev–Trinajstić information content (AvgIpc) is 2.90. The van der Waals surface area contributed by atoms with E-state index in [0.717, 1.165) is 28.7 Å². The fourth-order valence-corrected chi connectivity index (χ4v) is 2.57. The molecule has 0 saturated carbocycles. The van der Waals surface area contributed by atoms with Crippen molar-refractivity contribution in [2.24, 2.45) is 0 Å². The molecule has 0 unspecified atom stereocenters. The maximum absolute atomic E-state index is 11.1. The minimum atomic E-state index is -0.293. The first kappa shape index (κ1) is 13.4. The maximum atomic E-state index is 11.1. The number of aryl methyl sites for hydroxylation is 1. The van der Waals surface area contributed by atoms with Crippen molar-refractivity contribution < 1.29 is 0 Å². The summed E-state index contributed by atoms with van der Waals surface area (Å²) in [5.41, 5.74) is 3.94. The molecule has 108 valence electrons. The molecule has 3 aromatic rings. The van der Waals surface area contributed by atoms with Gasteiger partial charge in [0.15, 0.2) is 0 Å². The van der Waals surface area contributed by atoms with Gasteiger partial charge in [0.25, 0.3) is 0 Å². The van der Waals surface area contributed by atoms with E-state index >= 15 is 0 Å². The van der Waals surface area contributed by atoms with E-state index in [0.29, 0.717) is 12.4 Å². The molecule has 0 aliphatic rings. The largest absolute Gasteiger partial charge is 0.377 e. The second-order valence-electron chi connectivity index (χ2n) is 4.90. The number of fused-ring (bicyclic) bond motifs is 1. The van der Waals surface area contributed by atoms with Crippen molar-refractivity contribution >= 4 is 16.6 Å². The van der Waals surface area contributed by atoms with Crippen LogP contribution in [0.15, 0.2) is 29.1 Å². The highest BCUT2D eigenvalue weighted by Crippen LogP contribution is 2.29. The van der Waals surface area contributed by atoms with Crippen LogP contribution in [0.4, 0.5) is 5.69 Å². The van der Waals surface area contributed by atoms with Gasteiger partial charge in [-0.15, -0.1) is 0 Å². The molecule has 6 heteroatoms. The van der Waals surface area contributed by atoms with Crippen LogP contribution in [0.2, 0.25) is 0 Å². The molecule has 0 aliphatic carbocycles. The Bertz CT molecular complexity index is 833. The molecule has 0 radical (unpaired) electrons. The van der Waals surface area contributed by atoms with Gasteiger partial charge in [-0.2, -0.15) is 5.10 Å². The van der Waals surface area contributed by atoms with Gasteiger partial charge in [0.05, 0.1) is 12.1 Å². The summed E-state index contributed by atoms with van der Waals surface area (Å²) >= 11 is 0. The van der Waals surface area contributed by atoms with Crippen LogP contribution in [0.3, 0.4) is 0 Å². The number of rotatable bonds is 4. The number of hydrogen-bond donors (Lipinski definition) is 3. The lowest BCUT2D eigenvalue weighted by Crippen LogP contribution is -2.08. The van der Waals surface area contributed by atoms with E-state index < -0.39 is 0 Å². The van der Waals surface area contributed by atoms with E-state index in [2.05, 4.69) is 38.5 Å². The summed E-state index contributed by atoms with van der Waals surface area (Å²) in [6, 6.07) is 8.04. The molecule has 0 aliphatic heterocycles. The molecule has 0 bridgehead atoms. The van der Waals surface area contributed by atoms with E-state index in [-0.39, 0.29) is 5.69 Å². The summed E-state index contributed by atoms with van der Waals surface area (Å²) in [6.45, 7) is 4.59. The lowest BCUT2D eigenvalue weighted by Gasteiger charge is -2.15. The Morgan fingerprint density at radius 1 is 1.29 bits per heavy atom. The highest BCUT2D eigenvalue weighted by molar-refractivity contribution is 5.93. The number of anilines is 1. The van der Waals surface area contributed by atoms with Gasteiger partial charge in [0, 0.05) is 16.8 Å². The normalized spacial score (nSPS) is 11.0. The van der Waals surface area contributed by atoms with Crippen molar-refractivity contribution in [3.05, 3.63) is 51.8 Å². The number of nitrogens with one attached hydrogen (secondary N) is 3. The number of aromatic nitrogens is 4. The molecule has 21 heavy (non-hydrogen) atoms. The molecule has 3 rings (SSSR count). The fourth-order valence-electron chi connectivity index (χ4n) is 2.57. The molecule has 2 aromatic heterocycles. The van der Waals surface area contributed by atoms with Crippen LogP contribution in [0.1, 0.15) is 24.0 Å². The molecule has 0 fully saturated rings. The molecule has 0 saturated heterocycles. The van der Waals surface area contributed by atoms with Crippen molar-refractivity contribution in [3.63, 3.8) is 0 Å². The first-order valence-corrected chi connectivity index (χ1v) is 6.94. The molecule has 3 N–H and O–H groups in total. The summed E-state index contributed by atoms with van der Waals surface area (Å²) in [5, 5.41) is 10.8. The van der Waals surface area contributed by atoms with Crippen LogP contribution < -0.4 is 11.0 Å². The zero-order chi connectivity index (χ0) is 14.8. The monoisotopic (exact) mass is 283 g/mol. The summed E-state index contributed by atoms with van der Waals surface area (Å²) in [6.07, 6.45) is 0.892. The Morgan fingerprint density at radius 2 is 2.10 bits per heavy atom. The van der Waals surface area contributed by atoms with Gasteiger partial charge >= 0.3 is 5.69 Å². The molecule has 0 atom stereocenters. The van der Waals surface area contributed by atoms with Crippen molar-refractivity contribution in [3.8, 4) is 0 Å². The van der Waals surface area contributed by atoms with E-state index in [1.165, 1.54) is 5.56 Å². The predicted octanol–water partition coefficient (Wildman–Crippen LogP) is 2.13. The molecular weight excluding hydrogens is 266 g/mol. The van der Waals surface area contributed by atoms with Gasteiger partial charge in [0.1, 0.15) is 5.82 Å². The Labute approximate surface area is 121 Å². The quantitative estimate of drug-likeness (QED) is 0.684. The van der Waals surface area contributed by atoms with Crippen LogP contribution in [0.25, 0.3) is 10.9 Å². The van der Waals surface area contributed by atoms with E-state index in [4.69, 9.17) is 0 Å². The SMILES string of the molecule is CCc1c(C)nc2ccccc2c1NCc1n[nH]c(=O)[nH]1. The second kappa shape index (κ2) is 5.40. The fraction of sp³-hybridized carbons (Fsp3) is 0.267. The van der Waals surface area contributed by atoms with Crippen LogP contribution in [0, 0.1) is 6.92 Å². The minimum absolute atomic E-state index is 0.293. The first-order valence-electron chi connectivity index (χ1n) is 6.94. The smallest absolute Gasteiger partial charge is 0.340 e. The second-order valence-corrected chi connectivity index (χ2v) is 4.90. The third-order valence-electron chi connectivity index (χ3n) is 3.54. The number of benzene rings is 1. The Morgan fingerprint density at radius 3 is 2.81 bits per heavy atom. The third-order valence-corrected chi connectivity index (χ3v) is 3.54. The molecule has 6 nitrogen and oxygen atoms in total. The number of aromatic amines is 2. The highest BCUT2D eigenvalue weighted by Gasteiger charge is 2.11. The number of pyridine rings is 1. The van der Waals surface area contributed by atoms with Gasteiger partial charge in [0.2, 0.25) is 0 Å². The molecule has 2 heterocycles. The van der Waals surface area contributed by atoms with Crippen molar-refractivity contribution in [1.82, 2.24) is 20.2 Å². The standard InChI is InChI=1S/C15H17N5O/c1-3-10-9(2)17-12-7-5-4-6-11(12)14(10)16-8-13-18-15(21)20-19-13/h4-7H,3,8H2,1-2H3,(H,16,17)(H2,18,19,20,21). The molecule has 0 amide bonds. The maximum Gasteiger partial charge on any atom is 0.340 e. The van der Waals surface area contributed by atoms with Gasteiger partial charge in [-0.25, -0.2) is 9.89 Å². The Hall–Kier alpha value is -2.63. The van der Waals surface area contributed by atoms with Gasteiger partial charge in [-0.3, -0.25) is 9.97 Å². The van der Waals surface area contributed by atoms with Crippen LogP contribution in [-0.4, -0.2) is 20.2 Å². The van der Waals surface area contributed by atoms with E-state index in [9.17, 15) is 4.79 Å². The average molecular weight is 283 g/mol. The highest BCUT2D eigenvalue weighted by atomic mass is 16.1. The Kier molecular flexibility index (Phi) is 3.43. The number of hydrogen-bond acceptors (Lipinski definition) is 4. The van der Waals surface area contributed by atoms with Gasteiger partial charge < -0.3 is 5.32 Å². The molecule has 1 aromatic carbocycles. The zero-order valence-electron chi connectivity index (χ0n) is 12.0. The summed E-state index contributed by atoms with van der Waals surface area (Å²) < 4.78 is 0.